The molecular formula is C11H21NO2. The normalized spacial score (nSPS) is 27.3. The molecule has 1 N–H and O–H groups in total. The van der Waals surface area contributed by atoms with Crippen molar-refractivity contribution in [3.05, 3.63) is 0 Å². The summed E-state index contributed by atoms with van der Waals surface area (Å²) in [6.45, 7) is 2.40. The van der Waals surface area contributed by atoms with E-state index in [-0.39, 0.29) is 5.91 Å². The smallest absolute Gasteiger partial charge is 0.216 e. The first-order chi connectivity index (χ1) is 6.72. The molecule has 1 fully saturated rings. The molecular weight excluding hydrogens is 178 g/mol. The zero-order valence-corrected chi connectivity index (χ0v) is 9.21. The maximum absolute atomic E-state index is 10.7. The van der Waals surface area contributed by atoms with E-state index in [1.807, 2.05) is 0 Å². The number of carbonyl (C=O) groups is 1. The third-order valence-corrected chi connectivity index (χ3v) is 3.05. The molecule has 0 aromatic rings. The first kappa shape index (κ1) is 11.5. The Hall–Kier alpha value is -0.570. The lowest BCUT2D eigenvalue weighted by atomic mass is 9.85. The molecule has 1 saturated carbocycles. The van der Waals surface area contributed by atoms with Crippen molar-refractivity contribution in [3.63, 3.8) is 0 Å². The molecule has 1 rings (SSSR count). The Morgan fingerprint density at radius 1 is 1.36 bits per heavy atom. The van der Waals surface area contributed by atoms with Crippen LogP contribution < -0.4 is 5.32 Å². The number of carbonyl (C=O) groups excluding carboxylic acids is 1. The minimum Gasteiger partial charge on any atom is -0.381 e. The predicted octanol–water partition coefficient (Wildman–Crippen LogP) is 1.72. The summed E-state index contributed by atoms with van der Waals surface area (Å²) in [6.07, 6.45) is 6.46. The van der Waals surface area contributed by atoms with E-state index in [9.17, 15) is 4.79 Å². The minimum atomic E-state index is 0.0792. The highest BCUT2D eigenvalue weighted by Gasteiger charge is 2.20. The van der Waals surface area contributed by atoms with E-state index in [2.05, 4.69) is 5.32 Å². The maximum Gasteiger partial charge on any atom is 0.216 e. The van der Waals surface area contributed by atoms with Crippen LogP contribution in [-0.2, 0) is 9.53 Å². The van der Waals surface area contributed by atoms with Gasteiger partial charge in [-0.2, -0.15) is 0 Å². The highest BCUT2D eigenvalue weighted by molar-refractivity contribution is 5.72. The first-order valence-electron chi connectivity index (χ1n) is 5.49. The van der Waals surface area contributed by atoms with Gasteiger partial charge in [0, 0.05) is 20.6 Å². The minimum absolute atomic E-state index is 0.0792. The number of methoxy groups -OCH3 is 1. The Balaban J connectivity index is 2.07. The summed E-state index contributed by atoms with van der Waals surface area (Å²) in [5.41, 5.74) is 0. The van der Waals surface area contributed by atoms with E-state index in [0.29, 0.717) is 6.10 Å². The zero-order chi connectivity index (χ0) is 10.4. The number of ether oxygens (including phenoxy) is 1. The molecule has 0 aromatic heterocycles. The number of hydrogen-bond donors (Lipinski definition) is 1. The van der Waals surface area contributed by atoms with Gasteiger partial charge in [-0.25, -0.2) is 0 Å². The average Bonchev–Trinajstić information content (AvgIpc) is 2.18. The van der Waals surface area contributed by atoms with Crippen molar-refractivity contribution in [2.75, 3.05) is 13.7 Å². The van der Waals surface area contributed by atoms with Crippen LogP contribution in [0, 0.1) is 5.92 Å². The maximum atomic E-state index is 10.7. The summed E-state index contributed by atoms with van der Waals surface area (Å²) in [5.74, 6) is 0.865. The van der Waals surface area contributed by atoms with Crippen LogP contribution in [0.5, 0.6) is 0 Å². The van der Waals surface area contributed by atoms with Crippen molar-refractivity contribution in [2.45, 2.75) is 45.1 Å². The fourth-order valence-electron chi connectivity index (χ4n) is 2.11. The zero-order valence-electron chi connectivity index (χ0n) is 9.21. The van der Waals surface area contributed by atoms with Crippen molar-refractivity contribution in [1.82, 2.24) is 5.32 Å². The molecule has 1 aliphatic rings. The molecule has 3 heteroatoms. The quantitative estimate of drug-likeness (QED) is 0.748. The van der Waals surface area contributed by atoms with Gasteiger partial charge in [-0.15, -0.1) is 0 Å². The molecule has 0 heterocycles. The van der Waals surface area contributed by atoms with Crippen LogP contribution in [0.2, 0.25) is 0 Å². The molecule has 0 aromatic carbocycles. The largest absolute Gasteiger partial charge is 0.381 e. The highest BCUT2D eigenvalue weighted by atomic mass is 16.5. The summed E-state index contributed by atoms with van der Waals surface area (Å²) < 4.78 is 5.31. The van der Waals surface area contributed by atoms with E-state index in [1.165, 1.54) is 25.7 Å². The Kier molecular flexibility index (Phi) is 4.94. The van der Waals surface area contributed by atoms with Crippen LogP contribution in [0.4, 0.5) is 0 Å². The van der Waals surface area contributed by atoms with E-state index < -0.39 is 0 Å². The van der Waals surface area contributed by atoms with Gasteiger partial charge in [-0.1, -0.05) is 0 Å². The Labute approximate surface area is 86.2 Å². The van der Waals surface area contributed by atoms with E-state index in [4.69, 9.17) is 4.74 Å². The number of nitrogens with one attached hydrogen (secondary N) is 1. The second-order valence-corrected chi connectivity index (χ2v) is 4.15. The van der Waals surface area contributed by atoms with Gasteiger partial charge in [0.2, 0.25) is 5.91 Å². The van der Waals surface area contributed by atoms with Gasteiger partial charge in [0.15, 0.2) is 0 Å². The Bertz CT molecular complexity index is 174. The first-order valence-corrected chi connectivity index (χ1v) is 5.49. The van der Waals surface area contributed by atoms with Crippen molar-refractivity contribution < 1.29 is 9.53 Å². The number of hydrogen-bond acceptors (Lipinski definition) is 2. The summed E-state index contributed by atoms with van der Waals surface area (Å²) >= 11 is 0. The molecule has 1 amide bonds. The van der Waals surface area contributed by atoms with E-state index in [1.54, 1.807) is 14.0 Å². The lowest BCUT2D eigenvalue weighted by Gasteiger charge is -2.27. The SMILES string of the molecule is COC1CCC(CCNC(C)=O)CC1. The lowest BCUT2D eigenvalue weighted by molar-refractivity contribution is -0.119. The number of amides is 1. The monoisotopic (exact) mass is 199 g/mol. The third kappa shape index (κ3) is 4.09. The van der Waals surface area contributed by atoms with Crippen molar-refractivity contribution >= 4 is 5.91 Å². The summed E-state index contributed by atoms with van der Waals surface area (Å²) in [5, 5.41) is 2.85. The Morgan fingerprint density at radius 3 is 2.50 bits per heavy atom. The molecule has 0 spiro atoms. The predicted molar refractivity (Wildman–Crippen MR) is 56.1 cm³/mol. The summed E-state index contributed by atoms with van der Waals surface area (Å²) in [4.78, 5) is 10.7. The van der Waals surface area contributed by atoms with Gasteiger partial charge in [-0.3, -0.25) is 4.79 Å². The van der Waals surface area contributed by atoms with Gasteiger partial charge in [0.1, 0.15) is 0 Å². The molecule has 82 valence electrons. The standard InChI is InChI=1S/C11H21NO2/c1-9(13)12-8-7-10-3-5-11(14-2)6-4-10/h10-11H,3-8H2,1-2H3,(H,12,13). The molecule has 0 unspecified atom stereocenters. The van der Waals surface area contributed by atoms with Gasteiger partial charge < -0.3 is 10.1 Å². The third-order valence-electron chi connectivity index (χ3n) is 3.05. The molecule has 1 aliphatic carbocycles. The molecule has 0 bridgehead atoms. The fourth-order valence-corrected chi connectivity index (χ4v) is 2.11. The van der Waals surface area contributed by atoms with Crippen LogP contribution in [0.25, 0.3) is 0 Å². The van der Waals surface area contributed by atoms with Gasteiger partial charge in [-0.05, 0) is 38.0 Å². The van der Waals surface area contributed by atoms with E-state index >= 15 is 0 Å². The van der Waals surface area contributed by atoms with Crippen molar-refractivity contribution in [2.24, 2.45) is 5.92 Å². The second kappa shape index (κ2) is 6.02. The van der Waals surface area contributed by atoms with Crippen molar-refractivity contribution in [3.8, 4) is 0 Å². The van der Waals surface area contributed by atoms with Crippen LogP contribution >= 0.6 is 0 Å². The average molecular weight is 199 g/mol. The van der Waals surface area contributed by atoms with Crippen LogP contribution in [-0.4, -0.2) is 25.7 Å². The molecule has 3 nitrogen and oxygen atoms in total. The number of rotatable bonds is 4. The Morgan fingerprint density at radius 2 is 2.00 bits per heavy atom. The molecule has 0 radical (unpaired) electrons. The van der Waals surface area contributed by atoms with Crippen molar-refractivity contribution in [1.29, 1.82) is 0 Å². The second-order valence-electron chi connectivity index (χ2n) is 4.15. The lowest BCUT2D eigenvalue weighted by Crippen LogP contribution is -2.26. The topological polar surface area (TPSA) is 38.3 Å². The van der Waals surface area contributed by atoms with E-state index in [0.717, 1.165) is 18.9 Å². The van der Waals surface area contributed by atoms with Gasteiger partial charge in [0.25, 0.3) is 0 Å². The molecule has 0 saturated heterocycles. The summed E-state index contributed by atoms with van der Waals surface area (Å²) in [7, 11) is 1.79. The van der Waals surface area contributed by atoms with Crippen LogP contribution in [0.3, 0.4) is 0 Å². The van der Waals surface area contributed by atoms with Gasteiger partial charge in [0.05, 0.1) is 6.10 Å². The molecule has 0 aliphatic heterocycles. The molecule has 14 heavy (non-hydrogen) atoms. The van der Waals surface area contributed by atoms with Crippen LogP contribution in [0.1, 0.15) is 39.0 Å². The van der Waals surface area contributed by atoms with Crippen LogP contribution in [0.15, 0.2) is 0 Å². The fraction of sp³-hybridized carbons (Fsp3) is 0.909. The van der Waals surface area contributed by atoms with Gasteiger partial charge >= 0.3 is 0 Å². The molecule has 0 atom stereocenters. The highest BCUT2D eigenvalue weighted by Crippen LogP contribution is 2.27. The summed E-state index contributed by atoms with van der Waals surface area (Å²) in [6, 6.07) is 0.